The number of guanidine groups is 1. The molecule has 2 aromatic rings. The molecule has 1 unspecified atom stereocenters. The largest absolute Gasteiger partial charge is 0.454 e. The Bertz CT molecular complexity index is 895. The Balaban J connectivity index is 1.42. The molecule has 0 bridgehead atoms. The van der Waals surface area contributed by atoms with Crippen LogP contribution < -0.4 is 20.1 Å². The summed E-state index contributed by atoms with van der Waals surface area (Å²) in [5.74, 6) is 4.11. The summed E-state index contributed by atoms with van der Waals surface area (Å²) in [4.78, 5) is 7.33. The smallest absolute Gasteiger partial charge is 0.231 e. The fourth-order valence-electron chi connectivity index (χ4n) is 3.91. The third-order valence-corrected chi connectivity index (χ3v) is 5.86. The highest BCUT2D eigenvalue weighted by Crippen LogP contribution is 2.32. The van der Waals surface area contributed by atoms with Crippen LogP contribution >= 0.6 is 0 Å². The molecule has 0 saturated carbocycles. The van der Waals surface area contributed by atoms with Crippen LogP contribution in [0.4, 0.5) is 0 Å². The van der Waals surface area contributed by atoms with E-state index in [0.717, 1.165) is 47.8 Å². The van der Waals surface area contributed by atoms with E-state index in [1.54, 1.807) is 0 Å². The number of rotatable bonds is 7. The maximum atomic E-state index is 5.48. The van der Waals surface area contributed by atoms with E-state index in [9.17, 15) is 0 Å². The molecule has 1 saturated heterocycles. The molecule has 0 spiro atoms. The van der Waals surface area contributed by atoms with E-state index in [4.69, 9.17) is 14.5 Å². The Hall–Kier alpha value is -2.81. The molecule has 1 aromatic carbocycles. The van der Waals surface area contributed by atoms with Gasteiger partial charge in [-0.1, -0.05) is 13.0 Å². The Labute approximate surface area is 177 Å². The zero-order valence-electron chi connectivity index (χ0n) is 18.0. The van der Waals surface area contributed by atoms with Crippen molar-refractivity contribution in [2.45, 2.75) is 45.8 Å². The van der Waals surface area contributed by atoms with Gasteiger partial charge in [-0.05, 0) is 50.6 Å². The van der Waals surface area contributed by atoms with Gasteiger partial charge in [-0.25, -0.2) is 4.99 Å². The van der Waals surface area contributed by atoms with E-state index in [-0.39, 0.29) is 6.79 Å². The average molecular weight is 414 g/mol. The van der Waals surface area contributed by atoms with Crippen LogP contribution in [0.5, 0.6) is 11.5 Å². The number of likely N-dealkylation sites (tertiary alicyclic amines) is 1. The van der Waals surface area contributed by atoms with Gasteiger partial charge in [0.05, 0.1) is 13.1 Å². The summed E-state index contributed by atoms with van der Waals surface area (Å²) in [5, 5.41) is 15.3. The minimum absolute atomic E-state index is 0.281. The second kappa shape index (κ2) is 9.34. The Kier molecular flexibility index (Phi) is 6.37. The van der Waals surface area contributed by atoms with Crippen LogP contribution in [0.2, 0.25) is 0 Å². The van der Waals surface area contributed by atoms with E-state index in [1.807, 2.05) is 36.7 Å². The van der Waals surface area contributed by atoms with E-state index >= 15 is 0 Å². The monoisotopic (exact) mass is 413 g/mol. The molecule has 9 nitrogen and oxygen atoms in total. The number of ether oxygens (including phenoxy) is 2. The molecule has 1 fully saturated rings. The van der Waals surface area contributed by atoms with Crippen molar-refractivity contribution in [1.82, 2.24) is 30.3 Å². The fraction of sp³-hybridized carbons (Fsp3) is 0.571. The van der Waals surface area contributed by atoms with Gasteiger partial charge in [0.2, 0.25) is 6.79 Å². The second-order valence-electron chi connectivity index (χ2n) is 7.73. The molecule has 9 heteroatoms. The summed E-state index contributed by atoms with van der Waals surface area (Å²) in [6.45, 7) is 8.70. The summed E-state index contributed by atoms with van der Waals surface area (Å²) < 4.78 is 12.9. The van der Waals surface area contributed by atoms with Crippen LogP contribution in [0.3, 0.4) is 0 Å². The number of likely N-dealkylation sites (N-methyl/N-ethyl adjacent to an activating group) is 1. The van der Waals surface area contributed by atoms with E-state index < -0.39 is 0 Å². The number of benzene rings is 1. The van der Waals surface area contributed by atoms with Gasteiger partial charge in [0.15, 0.2) is 23.3 Å². The fourth-order valence-corrected chi connectivity index (χ4v) is 3.91. The first kappa shape index (κ1) is 20.5. The number of hydrogen-bond donors (Lipinski definition) is 2. The highest BCUT2D eigenvalue weighted by molar-refractivity contribution is 5.79. The van der Waals surface area contributed by atoms with Gasteiger partial charge < -0.3 is 24.7 Å². The van der Waals surface area contributed by atoms with Crippen molar-refractivity contribution in [3.63, 3.8) is 0 Å². The normalized spacial score (nSPS) is 18.8. The average Bonchev–Trinajstić information content (AvgIpc) is 3.48. The molecular formula is C21H31N7O2. The summed E-state index contributed by atoms with van der Waals surface area (Å²) in [6.07, 6.45) is 2.48. The molecule has 30 heavy (non-hydrogen) atoms. The van der Waals surface area contributed by atoms with Gasteiger partial charge in [-0.15, -0.1) is 10.2 Å². The van der Waals surface area contributed by atoms with Gasteiger partial charge in [-0.2, -0.15) is 0 Å². The molecule has 0 aliphatic carbocycles. The van der Waals surface area contributed by atoms with Gasteiger partial charge in [0, 0.05) is 19.6 Å². The SMILES string of the molecule is CCN1CCCC1CNC(=NCc1ccc2c(c1)OCO2)NCc1nnc(C)n1C. The van der Waals surface area contributed by atoms with E-state index in [0.29, 0.717) is 19.1 Å². The van der Waals surface area contributed by atoms with Crippen molar-refractivity contribution in [2.75, 3.05) is 26.4 Å². The van der Waals surface area contributed by atoms with Crippen molar-refractivity contribution in [3.8, 4) is 11.5 Å². The second-order valence-corrected chi connectivity index (χ2v) is 7.73. The van der Waals surface area contributed by atoms with Crippen LogP contribution in [-0.2, 0) is 20.1 Å². The lowest BCUT2D eigenvalue weighted by atomic mass is 10.2. The molecule has 162 valence electrons. The zero-order valence-corrected chi connectivity index (χ0v) is 18.0. The van der Waals surface area contributed by atoms with Crippen LogP contribution in [0.25, 0.3) is 0 Å². The highest BCUT2D eigenvalue weighted by Gasteiger charge is 2.23. The van der Waals surface area contributed by atoms with Gasteiger partial charge in [-0.3, -0.25) is 4.90 Å². The van der Waals surface area contributed by atoms with Crippen LogP contribution in [-0.4, -0.2) is 58.1 Å². The lowest BCUT2D eigenvalue weighted by Crippen LogP contribution is -2.44. The molecule has 0 radical (unpaired) electrons. The van der Waals surface area contributed by atoms with Gasteiger partial charge in [0.1, 0.15) is 5.82 Å². The first-order valence-corrected chi connectivity index (χ1v) is 10.6. The molecule has 2 aliphatic heterocycles. The summed E-state index contributed by atoms with van der Waals surface area (Å²) in [5.41, 5.74) is 1.07. The maximum absolute atomic E-state index is 5.48. The standard InChI is InChI=1S/C21H31N7O2/c1-4-28-9-5-6-17(28)12-23-21(24-13-20-26-25-15(2)27(20)3)22-11-16-7-8-18-19(10-16)30-14-29-18/h7-8,10,17H,4-6,9,11-14H2,1-3H3,(H2,22,23,24). The minimum atomic E-state index is 0.281. The Morgan fingerprint density at radius 1 is 1.23 bits per heavy atom. The van der Waals surface area contributed by atoms with Crippen LogP contribution in [0.15, 0.2) is 23.2 Å². The number of fused-ring (bicyclic) bond motifs is 1. The minimum Gasteiger partial charge on any atom is -0.454 e. The number of aromatic nitrogens is 3. The molecule has 0 amide bonds. The molecule has 4 rings (SSSR count). The van der Waals surface area contributed by atoms with E-state index in [1.165, 1.54) is 19.4 Å². The van der Waals surface area contributed by atoms with Crippen molar-refractivity contribution in [1.29, 1.82) is 0 Å². The third-order valence-electron chi connectivity index (χ3n) is 5.86. The summed E-state index contributed by atoms with van der Waals surface area (Å²) >= 11 is 0. The van der Waals surface area contributed by atoms with Crippen LogP contribution in [0, 0.1) is 6.92 Å². The predicted molar refractivity (Wildman–Crippen MR) is 115 cm³/mol. The van der Waals surface area contributed by atoms with Crippen molar-refractivity contribution < 1.29 is 9.47 Å². The van der Waals surface area contributed by atoms with Crippen molar-refractivity contribution in [2.24, 2.45) is 12.0 Å². The third kappa shape index (κ3) is 4.67. The molecule has 3 heterocycles. The maximum Gasteiger partial charge on any atom is 0.231 e. The van der Waals surface area contributed by atoms with Gasteiger partial charge >= 0.3 is 0 Å². The predicted octanol–water partition coefficient (Wildman–Crippen LogP) is 1.57. The lowest BCUT2D eigenvalue weighted by Gasteiger charge is -2.24. The first-order valence-electron chi connectivity index (χ1n) is 10.6. The molecule has 2 N–H and O–H groups in total. The quantitative estimate of drug-likeness (QED) is 0.526. The number of nitrogens with one attached hydrogen (secondary N) is 2. The summed E-state index contributed by atoms with van der Waals surface area (Å²) in [6, 6.07) is 6.50. The molecule has 1 atom stereocenters. The molecular weight excluding hydrogens is 382 g/mol. The summed E-state index contributed by atoms with van der Waals surface area (Å²) in [7, 11) is 1.97. The van der Waals surface area contributed by atoms with Crippen LogP contribution in [0.1, 0.15) is 37.0 Å². The number of aryl methyl sites for hydroxylation is 1. The molecule has 1 aromatic heterocycles. The van der Waals surface area contributed by atoms with Crippen molar-refractivity contribution >= 4 is 5.96 Å². The molecule has 2 aliphatic rings. The number of hydrogen-bond acceptors (Lipinski definition) is 6. The zero-order chi connectivity index (χ0) is 20.9. The van der Waals surface area contributed by atoms with Crippen molar-refractivity contribution in [3.05, 3.63) is 35.4 Å². The Morgan fingerprint density at radius 2 is 2.10 bits per heavy atom. The number of nitrogens with zero attached hydrogens (tertiary/aromatic N) is 5. The topological polar surface area (TPSA) is 88.8 Å². The number of aliphatic imine (C=N–C) groups is 1. The first-order chi connectivity index (χ1) is 14.6. The highest BCUT2D eigenvalue weighted by atomic mass is 16.7. The van der Waals surface area contributed by atoms with Gasteiger partial charge in [0.25, 0.3) is 0 Å². The Morgan fingerprint density at radius 3 is 2.90 bits per heavy atom. The van der Waals surface area contributed by atoms with E-state index in [2.05, 4.69) is 32.7 Å². The lowest BCUT2D eigenvalue weighted by molar-refractivity contribution is 0.174.